The van der Waals surface area contributed by atoms with Gasteiger partial charge in [-0.15, -0.1) is 0 Å². The lowest BCUT2D eigenvalue weighted by atomic mass is 10.00. The zero-order valence-corrected chi connectivity index (χ0v) is 14.1. The van der Waals surface area contributed by atoms with Crippen molar-refractivity contribution in [3.05, 3.63) is 77.6 Å². The highest BCUT2D eigenvalue weighted by molar-refractivity contribution is 7.99. The van der Waals surface area contributed by atoms with Crippen LogP contribution in [0.25, 0.3) is 10.8 Å². The number of thioether (sulfide) groups is 1. The smallest absolute Gasteiger partial charge is 0.251 e. The molecule has 0 fully saturated rings. The van der Waals surface area contributed by atoms with Crippen molar-refractivity contribution in [2.45, 2.75) is 18.0 Å². The third-order valence-corrected chi connectivity index (χ3v) is 4.83. The largest absolute Gasteiger partial charge is 0.618 e. The van der Waals surface area contributed by atoms with Crippen molar-refractivity contribution in [3.8, 4) is 0 Å². The number of nitrogens with zero attached hydrogens (tertiary/aromatic N) is 1. The standard InChI is InChI=1S/C19H18N2O2S/c1-14(16-10-6-8-15-7-2-3-9-17(15)16)20-18(22)13-24-19-11-4-5-12-21(19)23/h2-12,14H,13H2,1H3,(H,20,22)/t14-/m1/s1. The van der Waals surface area contributed by atoms with E-state index in [0.717, 1.165) is 21.1 Å². The minimum atomic E-state index is -0.0978. The maximum absolute atomic E-state index is 12.2. The molecule has 0 saturated carbocycles. The van der Waals surface area contributed by atoms with Gasteiger partial charge in [-0.1, -0.05) is 42.5 Å². The molecule has 4 nitrogen and oxygen atoms in total. The van der Waals surface area contributed by atoms with E-state index in [0.29, 0.717) is 5.03 Å². The average molecular weight is 338 g/mol. The van der Waals surface area contributed by atoms with Crippen LogP contribution in [0.4, 0.5) is 0 Å². The molecular formula is C19H18N2O2S. The second kappa shape index (κ2) is 7.36. The molecule has 1 heterocycles. The first-order valence-electron chi connectivity index (χ1n) is 7.73. The molecule has 24 heavy (non-hydrogen) atoms. The van der Waals surface area contributed by atoms with Crippen molar-refractivity contribution in [1.82, 2.24) is 5.32 Å². The molecule has 122 valence electrons. The Hall–Kier alpha value is -2.53. The van der Waals surface area contributed by atoms with Gasteiger partial charge in [0.2, 0.25) is 5.91 Å². The number of hydrogen-bond donors (Lipinski definition) is 1. The number of hydrogen-bond acceptors (Lipinski definition) is 3. The van der Waals surface area contributed by atoms with Crippen LogP contribution < -0.4 is 10.0 Å². The molecule has 0 aliphatic rings. The summed E-state index contributed by atoms with van der Waals surface area (Å²) in [5.74, 6) is 0.116. The molecular weight excluding hydrogens is 320 g/mol. The normalized spacial score (nSPS) is 12.0. The van der Waals surface area contributed by atoms with E-state index in [1.807, 2.05) is 31.2 Å². The van der Waals surface area contributed by atoms with Gasteiger partial charge in [-0.25, -0.2) is 0 Å². The van der Waals surface area contributed by atoms with Crippen molar-refractivity contribution in [2.75, 3.05) is 5.75 Å². The number of amides is 1. The Morgan fingerprint density at radius 2 is 1.88 bits per heavy atom. The zero-order valence-electron chi connectivity index (χ0n) is 13.3. The number of carbonyl (C=O) groups excluding carboxylic acids is 1. The minimum Gasteiger partial charge on any atom is -0.618 e. The van der Waals surface area contributed by atoms with E-state index in [2.05, 4.69) is 23.5 Å². The predicted molar refractivity (Wildman–Crippen MR) is 96.6 cm³/mol. The van der Waals surface area contributed by atoms with Crippen LogP contribution in [0.15, 0.2) is 71.9 Å². The Kier molecular flexibility index (Phi) is 5.01. The van der Waals surface area contributed by atoms with E-state index < -0.39 is 0 Å². The van der Waals surface area contributed by atoms with Crippen LogP contribution in [0.1, 0.15) is 18.5 Å². The van der Waals surface area contributed by atoms with Gasteiger partial charge in [-0.05, 0) is 41.1 Å². The lowest BCUT2D eigenvalue weighted by molar-refractivity contribution is -0.645. The van der Waals surface area contributed by atoms with Crippen molar-refractivity contribution in [2.24, 2.45) is 0 Å². The van der Waals surface area contributed by atoms with Gasteiger partial charge in [0.1, 0.15) is 0 Å². The fraction of sp³-hybridized carbons (Fsp3) is 0.158. The molecule has 0 bridgehead atoms. The van der Waals surface area contributed by atoms with Gasteiger partial charge in [0.05, 0.1) is 11.8 Å². The number of pyridine rings is 1. The molecule has 0 aliphatic heterocycles. The van der Waals surface area contributed by atoms with Crippen LogP contribution in [0.2, 0.25) is 0 Å². The monoisotopic (exact) mass is 338 g/mol. The van der Waals surface area contributed by atoms with E-state index in [4.69, 9.17) is 0 Å². The van der Waals surface area contributed by atoms with Gasteiger partial charge < -0.3 is 10.5 Å². The van der Waals surface area contributed by atoms with E-state index in [-0.39, 0.29) is 17.7 Å². The maximum atomic E-state index is 12.2. The third-order valence-electron chi connectivity index (χ3n) is 3.81. The molecule has 0 unspecified atom stereocenters. The highest BCUT2D eigenvalue weighted by Crippen LogP contribution is 2.24. The van der Waals surface area contributed by atoms with Crippen molar-refractivity contribution >= 4 is 28.4 Å². The van der Waals surface area contributed by atoms with Gasteiger partial charge in [0, 0.05) is 12.1 Å². The predicted octanol–water partition coefficient (Wildman–Crippen LogP) is 3.44. The highest BCUT2D eigenvalue weighted by Gasteiger charge is 2.14. The Bertz CT molecular complexity index is 861. The molecule has 1 N–H and O–H groups in total. The Labute approximate surface area is 145 Å². The van der Waals surface area contributed by atoms with Crippen LogP contribution >= 0.6 is 11.8 Å². The molecule has 0 radical (unpaired) electrons. The first kappa shape index (κ1) is 16.3. The van der Waals surface area contributed by atoms with E-state index in [1.165, 1.54) is 18.0 Å². The van der Waals surface area contributed by atoms with Gasteiger partial charge in [0.25, 0.3) is 5.03 Å². The topological polar surface area (TPSA) is 56.0 Å². The van der Waals surface area contributed by atoms with E-state index >= 15 is 0 Å². The zero-order chi connectivity index (χ0) is 16.9. The number of carbonyl (C=O) groups is 1. The van der Waals surface area contributed by atoms with Crippen LogP contribution in [-0.4, -0.2) is 11.7 Å². The van der Waals surface area contributed by atoms with Crippen molar-refractivity contribution in [1.29, 1.82) is 0 Å². The summed E-state index contributed by atoms with van der Waals surface area (Å²) in [5.41, 5.74) is 1.09. The number of benzene rings is 2. The van der Waals surface area contributed by atoms with Crippen LogP contribution in [0.5, 0.6) is 0 Å². The molecule has 5 heteroatoms. The van der Waals surface area contributed by atoms with E-state index in [9.17, 15) is 10.0 Å². The minimum absolute atomic E-state index is 0.0933. The summed E-state index contributed by atoms with van der Waals surface area (Å²) in [5, 5.41) is 17.4. The molecule has 0 spiro atoms. The molecule has 1 atom stereocenters. The number of fused-ring (bicyclic) bond motifs is 1. The molecule has 1 amide bonds. The first-order valence-corrected chi connectivity index (χ1v) is 8.72. The third kappa shape index (κ3) is 3.68. The molecule has 0 aliphatic carbocycles. The van der Waals surface area contributed by atoms with Gasteiger partial charge >= 0.3 is 0 Å². The quantitative estimate of drug-likeness (QED) is 0.440. The van der Waals surface area contributed by atoms with Gasteiger partial charge in [-0.3, -0.25) is 4.79 Å². The summed E-state index contributed by atoms with van der Waals surface area (Å²) in [7, 11) is 0. The number of nitrogens with one attached hydrogen (secondary N) is 1. The lowest BCUT2D eigenvalue weighted by Crippen LogP contribution is -2.31. The van der Waals surface area contributed by atoms with Gasteiger partial charge in [-0.2, -0.15) is 4.73 Å². The fourth-order valence-corrected chi connectivity index (χ4v) is 3.38. The Morgan fingerprint density at radius 1 is 1.12 bits per heavy atom. The summed E-state index contributed by atoms with van der Waals surface area (Å²) in [6, 6.07) is 19.3. The summed E-state index contributed by atoms with van der Waals surface area (Å²) in [6.45, 7) is 1.97. The van der Waals surface area contributed by atoms with Crippen LogP contribution in [0.3, 0.4) is 0 Å². The Balaban J connectivity index is 1.67. The SMILES string of the molecule is C[C@@H](NC(=O)CSc1cccc[n+]1[O-])c1cccc2ccccc12. The lowest BCUT2D eigenvalue weighted by Gasteiger charge is -2.16. The van der Waals surface area contributed by atoms with Crippen LogP contribution in [-0.2, 0) is 4.79 Å². The Morgan fingerprint density at radius 3 is 2.71 bits per heavy atom. The molecule has 3 rings (SSSR count). The fourth-order valence-electron chi connectivity index (χ4n) is 2.65. The summed E-state index contributed by atoms with van der Waals surface area (Å²) in [6.07, 6.45) is 1.43. The van der Waals surface area contributed by atoms with Gasteiger partial charge in [0.15, 0.2) is 6.20 Å². The average Bonchev–Trinajstić information content (AvgIpc) is 2.60. The molecule has 2 aromatic carbocycles. The molecule has 3 aromatic rings. The highest BCUT2D eigenvalue weighted by atomic mass is 32.2. The summed E-state index contributed by atoms with van der Waals surface area (Å²) < 4.78 is 0.770. The van der Waals surface area contributed by atoms with Crippen LogP contribution in [0, 0.1) is 5.21 Å². The van der Waals surface area contributed by atoms with Crippen molar-refractivity contribution < 1.29 is 9.52 Å². The second-order valence-corrected chi connectivity index (χ2v) is 6.51. The summed E-state index contributed by atoms with van der Waals surface area (Å²) in [4.78, 5) is 12.2. The first-order chi connectivity index (χ1) is 11.6. The molecule has 1 aromatic heterocycles. The second-order valence-electron chi connectivity index (χ2n) is 5.51. The summed E-state index contributed by atoms with van der Waals surface area (Å²) >= 11 is 1.23. The number of rotatable bonds is 5. The number of aromatic nitrogens is 1. The van der Waals surface area contributed by atoms with Crippen molar-refractivity contribution in [3.63, 3.8) is 0 Å². The maximum Gasteiger partial charge on any atom is 0.251 e. The van der Waals surface area contributed by atoms with E-state index in [1.54, 1.807) is 18.2 Å². The molecule has 0 saturated heterocycles.